The number of hydrogen-bond donors (Lipinski definition) is 2. The van der Waals surface area contributed by atoms with Gasteiger partial charge in [0, 0.05) is 30.2 Å². The van der Waals surface area contributed by atoms with Crippen LogP contribution in [0.25, 0.3) is 11.1 Å². The summed E-state index contributed by atoms with van der Waals surface area (Å²) in [5.74, 6) is -3.96. The number of carbonyl (C=O) groups is 4. The topological polar surface area (TPSA) is 118 Å². The first-order chi connectivity index (χ1) is 17.8. The van der Waals surface area contributed by atoms with Crippen molar-refractivity contribution >= 4 is 23.8 Å². The zero-order valence-corrected chi connectivity index (χ0v) is 21.5. The van der Waals surface area contributed by atoms with E-state index in [1.165, 1.54) is 0 Å². The molecule has 2 aromatic rings. The first-order valence-electron chi connectivity index (χ1n) is 12.3. The Kier molecular flexibility index (Phi) is 7.22. The predicted molar refractivity (Wildman–Crippen MR) is 133 cm³/mol. The second kappa shape index (κ2) is 10.1. The van der Waals surface area contributed by atoms with Crippen LogP contribution < -0.4 is 10.6 Å². The molecule has 38 heavy (non-hydrogen) atoms. The molecule has 0 bridgehead atoms. The lowest BCUT2D eigenvalue weighted by atomic mass is 9.80. The molecule has 2 aliphatic rings. The van der Waals surface area contributed by atoms with E-state index in [0.717, 1.165) is 16.0 Å². The predicted octanol–water partition coefficient (Wildman–Crippen LogP) is 4.46. The molecule has 9 nitrogen and oxygen atoms in total. The number of carbonyl (C=O) groups excluding carboxylic acids is 4. The molecule has 11 heteroatoms. The number of imide groups is 1. The van der Waals surface area contributed by atoms with Crippen molar-refractivity contribution < 1.29 is 32.7 Å². The number of alkyl halides is 2. The highest BCUT2D eigenvalue weighted by molar-refractivity contribution is 6.11. The Balaban J connectivity index is 1.42. The van der Waals surface area contributed by atoms with E-state index in [-0.39, 0.29) is 24.9 Å². The first-order valence-corrected chi connectivity index (χ1v) is 12.3. The van der Waals surface area contributed by atoms with E-state index in [9.17, 15) is 28.0 Å². The maximum Gasteiger partial charge on any atom is 0.407 e. The number of aromatic nitrogens is 1. The number of benzene rings is 1. The van der Waals surface area contributed by atoms with Crippen molar-refractivity contribution in [1.29, 1.82) is 0 Å². The Morgan fingerprint density at radius 1 is 1.08 bits per heavy atom. The van der Waals surface area contributed by atoms with Gasteiger partial charge in [-0.15, -0.1) is 0 Å². The summed E-state index contributed by atoms with van der Waals surface area (Å²) in [6, 6.07) is 9.39. The van der Waals surface area contributed by atoms with E-state index in [1.807, 2.05) is 6.07 Å². The van der Waals surface area contributed by atoms with E-state index in [4.69, 9.17) is 4.74 Å². The standard InChI is InChI=1S/C27H30F2N4O5/c1-25(2,3)38-24(37)31-15-20-19(5-4-14-30-20)17-6-8-18(9-7-17)21(34)16-33-22(35)26(32-23(33)36)10-12-27(28,29)13-11-26/h4-9,14H,10-13,15-16H2,1-3H3,(H,31,37)(H,32,36). The molecule has 1 aliphatic heterocycles. The van der Waals surface area contributed by atoms with Crippen LogP contribution in [0, 0.1) is 0 Å². The van der Waals surface area contributed by atoms with E-state index in [1.54, 1.807) is 57.3 Å². The minimum absolute atomic E-state index is 0.131. The molecule has 0 radical (unpaired) electrons. The van der Waals surface area contributed by atoms with Gasteiger partial charge in [-0.05, 0) is 45.2 Å². The third-order valence-corrected chi connectivity index (χ3v) is 6.59. The van der Waals surface area contributed by atoms with Gasteiger partial charge in [0.1, 0.15) is 11.1 Å². The number of Topliss-reactive ketones (excluding diaryl/α,β-unsaturated/α-hetero) is 1. The lowest BCUT2D eigenvalue weighted by molar-refractivity contribution is -0.135. The molecule has 1 spiro atoms. The summed E-state index contributed by atoms with van der Waals surface area (Å²) < 4.78 is 32.4. The highest BCUT2D eigenvalue weighted by Gasteiger charge is 2.55. The van der Waals surface area contributed by atoms with Crippen molar-refractivity contribution in [2.24, 2.45) is 0 Å². The lowest BCUT2D eigenvalue weighted by Crippen LogP contribution is -2.51. The van der Waals surface area contributed by atoms with Crippen molar-refractivity contribution in [3.63, 3.8) is 0 Å². The van der Waals surface area contributed by atoms with Gasteiger partial charge in [-0.3, -0.25) is 19.5 Å². The van der Waals surface area contributed by atoms with Crippen LogP contribution in [0.5, 0.6) is 0 Å². The molecule has 4 rings (SSSR count). The molecule has 2 heterocycles. The van der Waals surface area contributed by atoms with Gasteiger partial charge in [-0.1, -0.05) is 30.3 Å². The highest BCUT2D eigenvalue weighted by Crippen LogP contribution is 2.41. The summed E-state index contributed by atoms with van der Waals surface area (Å²) >= 11 is 0. The third kappa shape index (κ3) is 5.98. The molecule has 0 unspecified atom stereocenters. The minimum atomic E-state index is -2.86. The third-order valence-electron chi connectivity index (χ3n) is 6.59. The fourth-order valence-corrected chi connectivity index (χ4v) is 4.58. The van der Waals surface area contributed by atoms with Crippen LogP contribution in [-0.4, -0.2) is 57.3 Å². The number of nitrogens with zero attached hydrogens (tertiary/aromatic N) is 2. The van der Waals surface area contributed by atoms with Gasteiger partial charge in [-0.2, -0.15) is 0 Å². The van der Waals surface area contributed by atoms with Gasteiger partial charge in [0.15, 0.2) is 5.78 Å². The number of rotatable bonds is 6. The Hall–Kier alpha value is -3.89. The second-order valence-corrected chi connectivity index (χ2v) is 10.6. The molecule has 1 aromatic heterocycles. The number of ketones is 1. The van der Waals surface area contributed by atoms with Gasteiger partial charge in [0.2, 0.25) is 5.92 Å². The maximum absolute atomic E-state index is 13.6. The number of nitrogens with one attached hydrogen (secondary N) is 2. The SMILES string of the molecule is CC(C)(C)OC(=O)NCc1ncccc1-c1ccc(C(=O)CN2C(=O)NC3(CCC(F)(F)CC3)C2=O)cc1. The molecule has 2 N–H and O–H groups in total. The van der Waals surface area contributed by atoms with Crippen molar-refractivity contribution in [3.05, 3.63) is 53.9 Å². The van der Waals surface area contributed by atoms with Gasteiger partial charge in [0.05, 0.1) is 18.8 Å². The molecular formula is C27H30F2N4O5. The number of pyridine rings is 1. The molecular weight excluding hydrogens is 498 g/mol. The molecule has 0 atom stereocenters. The van der Waals surface area contributed by atoms with Crippen LogP contribution in [0.3, 0.4) is 0 Å². The average Bonchev–Trinajstić information content (AvgIpc) is 3.08. The van der Waals surface area contributed by atoms with Crippen LogP contribution in [0.4, 0.5) is 18.4 Å². The number of hydrogen-bond acceptors (Lipinski definition) is 6. The highest BCUT2D eigenvalue weighted by atomic mass is 19.3. The fourth-order valence-electron chi connectivity index (χ4n) is 4.58. The summed E-state index contributed by atoms with van der Waals surface area (Å²) in [5.41, 5.74) is 0.363. The Bertz CT molecular complexity index is 1250. The Labute approximate surface area is 218 Å². The molecule has 202 valence electrons. The quantitative estimate of drug-likeness (QED) is 0.422. The van der Waals surface area contributed by atoms with Crippen LogP contribution in [0.15, 0.2) is 42.6 Å². The van der Waals surface area contributed by atoms with Crippen molar-refractivity contribution in [2.75, 3.05) is 6.54 Å². The van der Waals surface area contributed by atoms with E-state index < -0.39 is 60.3 Å². The van der Waals surface area contributed by atoms with E-state index in [2.05, 4.69) is 15.6 Å². The van der Waals surface area contributed by atoms with Crippen LogP contribution in [0.1, 0.15) is 62.5 Å². The number of amides is 4. The summed E-state index contributed by atoms with van der Waals surface area (Å²) in [7, 11) is 0. The Morgan fingerprint density at radius 2 is 1.74 bits per heavy atom. The smallest absolute Gasteiger partial charge is 0.407 e. The summed E-state index contributed by atoms with van der Waals surface area (Å²) in [6.45, 7) is 4.94. The number of ether oxygens (including phenoxy) is 1. The lowest BCUT2D eigenvalue weighted by Gasteiger charge is -2.34. The Morgan fingerprint density at radius 3 is 2.37 bits per heavy atom. The summed E-state index contributed by atoms with van der Waals surface area (Å²) in [5, 5.41) is 5.22. The molecule has 2 fully saturated rings. The minimum Gasteiger partial charge on any atom is -0.444 e. The van der Waals surface area contributed by atoms with Gasteiger partial charge in [-0.25, -0.2) is 18.4 Å². The number of urea groups is 1. The largest absolute Gasteiger partial charge is 0.444 e. The molecule has 1 saturated carbocycles. The van der Waals surface area contributed by atoms with Gasteiger partial charge < -0.3 is 15.4 Å². The normalized spacial score (nSPS) is 18.3. The average molecular weight is 529 g/mol. The van der Waals surface area contributed by atoms with Crippen molar-refractivity contribution in [1.82, 2.24) is 20.5 Å². The summed E-state index contributed by atoms with van der Waals surface area (Å²) in [4.78, 5) is 55.5. The molecule has 1 saturated heterocycles. The van der Waals surface area contributed by atoms with Crippen molar-refractivity contribution in [2.45, 2.75) is 70.1 Å². The zero-order valence-electron chi connectivity index (χ0n) is 21.5. The zero-order chi connectivity index (χ0) is 27.7. The number of alkyl carbamates (subject to hydrolysis) is 1. The first kappa shape index (κ1) is 27.2. The maximum atomic E-state index is 13.6. The monoisotopic (exact) mass is 528 g/mol. The van der Waals surface area contributed by atoms with Crippen LogP contribution in [-0.2, 0) is 16.1 Å². The number of halogens is 2. The van der Waals surface area contributed by atoms with E-state index >= 15 is 0 Å². The molecule has 1 aromatic carbocycles. The van der Waals surface area contributed by atoms with Gasteiger partial charge in [0.25, 0.3) is 5.91 Å². The van der Waals surface area contributed by atoms with Gasteiger partial charge >= 0.3 is 12.1 Å². The molecule has 4 amide bonds. The summed E-state index contributed by atoms with van der Waals surface area (Å²) in [6.07, 6.45) is -0.288. The van der Waals surface area contributed by atoms with Crippen LogP contribution in [0.2, 0.25) is 0 Å². The van der Waals surface area contributed by atoms with Crippen molar-refractivity contribution in [3.8, 4) is 11.1 Å². The second-order valence-electron chi connectivity index (χ2n) is 10.6. The molecule has 1 aliphatic carbocycles. The van der Waals surface area contributed by atoms with E-state index in [0.29, 0.717) is 5.69 Å². The van der Waals surface area contributed by atoms with Crippen LogP contribution >= 0.6 is 0 Å². The fraction of sp³-hybridized carbons (Fsp3) is 0.444.